The van der Waals surface area contributed by atoms with E-state index in [1.807, 2.05) is 0 Å². The Hall–Kier alpha value is -3.01. The molecule has 0 aliphatic carbocycles. The first-order valence-electron chi connectivity index (χ1n) is 9.51. The Labute approximate surface area is 195 Å². The molecule has 1 aromatic rings. The molecule has 5 N–H and O–H groups in total. The van der Waals surface area contributed by atoms with Gasteiger partial charge in [-0.25, -0.2) is 14.6 Å². The topological polar surface area (TPSA) is 190 Å². The summed E-state index contributed by atoms with van der Waals surface area (Å²) in [6, 6.07) is 0. The van der Waals surface area contributed by atoms with E-state index in [1.165, 1.54) is 19.4 Å². The molecule has 15 heteroatoms. The zero-order chi connectivity index (χ0) is 24.5. The maximum Gasteiger partial charge on any atom is 0.393 e. The van der Waals surface area contributed by atoms with Gasteiger partial charge in [-0.05, 0) is 6.92 Å². The molecule has 3 rings (SSSR count). The van der Waals surface area contributed by atoms with Crippen molar-refractivity contribution in [1.29, 1.82) is 0 Å². The molecule has 0 saturated carbocycles. The molecule has 0 aromatic carbocycles. The van der Waals surface area contributed by atoms with Crippen LogP contribution in [-0.4, -0.2) is 80.2 Å². The number of aliphatic hydroxyl groups excluding tert-OH is 1. The summed E-state index contributed by atoms with van der Waals surface area (Å²) < 4.78 is 3.87. The molecule has 2 aliphatic rings. The number of nitrogens with two attached hydrogens (primary N) is 1. The number of thioether (sulfide) groups is 1. The van der Waals surface area contributed by atoms with E-state index < -0.39 is 51.4 Å². The van der Waals surface area contributed by atoms with Gasteiger partial charge in [0, 0.05) is 23.6 Å². The highest BCUT2D eigenvalue weighted by atomic mass is 32.2. The molecule has 2 aliphatic heterocycles. The number of fused-ring (bicyclic) bond motifs is 1. The number of quaternary nitrogens is 1. The van der Waals surface area contributed by atoms with Crippen molar-refractivity contribution in [3.63, 3.8) is 0 Å². The summed E-state index contributed by atoms with van der Waals surface area (Å²) in [6.07, 6.45) is -1.09. The number of anilines is 1. The third-order valence-electron chi connectivity index (χ3n) is 5.05. The number of aliphatic carboxylic acids is 1. The van der Waals surface area contributed by atoms with Crippen LogP contribution >= 0.6 is 23.1 Å². The van der Waals surface area contributed by atoms with Crippen LogP contribution in [0, 0.1) is 5.92 Å². The zero-order valence-corrected chi connectivity index (χ0v) is 19.4. The maximum absolute atomic E-state index is 13.3. The van der Waals surface area contributed by atoms with E-state index in [1.54, 1.807) is 0 Å². The number of esters is 1. The Morgan fingerprint density at radius 2 is 2.15 bits per heavy atom. The highest BCUT2D eigenvalue weighted by molar-refractivity contribution is 8.00. The van der Waals surface area contributed by atoms with Crippen molar-refractivity contribution in [2.24, 2.45) is 11.1 Å². The Morgan fingerprint density at radius 3 is 2.67 bits per heavy atom. The number of carbonyl (C=O) groups excluding carboxylic acids is 3. The predicted octanol–water partition coefficient (Wildman–Crippen LogP) is -0.564. The first-order valence-corrected chi connectivity index (χ1v) is 11.4. The van der Waals surface area contributed by atoms with E-state index >= 15 is 0 Å². The fraction of sp³-hybridized carbons (Fsp3) is 0.444. The maximum atomic E-state index is 13.3. The highest BCUT2D eigenvalue weighted by Crippen LogP contribution is 2.50. The number of nitrogens with one attached hydrogen (secondary N) is 1. The van der Waals surface area contributed by atoms with E-state index in [0.717, 1.165) is 30.0 Å². The van der Waals surface area contributed by atoms with E-state index in [4.69, 9.17) is 15.3 Å². The SMILES string of the molecule is CON=C(C(=O)N[N+]12C(=O)[C@@H](C(C)O)[C@H]1SCC(COC(C)=O)=C2C(=O)O)c1csc(N)n1. The standard InChI is InChI=1S/C18H21N5O8S2/c1-7(24)11-15(27)23(21-14(26)12(22-30-3)10-6-33-18(19)20-10)13(17(28)29)9(4-31-8(2)25)5-32-16(11)23/h6-7,11,16,24H,4-5H2,1-3H3,(H3-,19,20,21,26,28,29)/p+1/t7?,11-,16-,23?/m1/s1. The molecule has 33 heavy (non-hydrogen) atoms. The van der Waals surface area contributed by atoms with Crippen molar-refractivity contribution < 1.29 is 43.6 Å². The lowest BCUT2D eigenvalue weighted by Crippen LogP contribution is -2.82. The summed E-state index contributed by atoms with van der Waals surface area (Å²) >= 11 is 2.20. The van der Waals surface area contributed by atoms with Crippen LogP contribution in [0.15, 0.2) is 21.8 Å². The van der Waals surface area contributed by atoms with E-state index in [9.17, 15) is 29.4 Å². The monoisotopic (exact) mass is 500 g/mol. The number of aromatic nitrogens is 1. The summed E-state index contributed by atoms with van der Waals surface area (Å²) in [5.41, 5.74) is 7.52. The van der Waals surface area contributed by atoms with Gasteiger partial charge >= 0.3 is 23.8 Å². The number of hydrogen-bond donors (Lipinski definition) is 4. The number of oxime groups is 1. The van der Waals surface area contributed by atoms with Crippen molar-refractivity contribution in [2.75, 3.05) is 25.2 Å². The molecule has 178 valence electrons. The van der Waals surface area contributed by atoms with Crippen LogP contribution in [-0.2, 0) is 28.8 Å². The number of aliphatic hydroxyl groups is 1. The molecule has 0 bridgehead atoms. The number of carboxylic acid groups (broad SMARTS) is 1. The second-order valence-electron chi connectivity index (χ2n) is 7.20. The smallest absolute Gasteiger partial charge is 0.393 e. The fourth-order valence-electron chi connectivity index (χ4n) is 3.72. The van der Waals surface area contributed by atoms with Gasteiger partial charge in [-0.1, -0.05) is 16.9 Å². The van der Waals surface area contributed by atoms with Gasteiger partial charge in [-0.2, -0.15) is 5.43 Å². The molecule has 1 fully saturated rings. The zero-order valence-electron chi connectivity index (χ0n) is 17.8. The van der Waals surface area contributed by atoms with Crippen molar-refractivity contribution in [3.8, 4) is 0 Å². The number of ether oxygens (including phenoxy) is 1. The average molecular weight is 501 g/mol. The van der Waals surface area contributed by atoms with Crippen LogP contribution in [0.1, 0.15) is 19.5 Å². The number of rotatable bonds is 8. The van der Waals surface area contributed by atoms with Crippen LogP contribution in [0.5, 0.6) is 0 Å². The molecule has 2 unspecified atom stereocenters. The normalized spacial score (nSPS) is 25.6. The number of nitrogen functional groups attached to an aromatic ring is 1. The minimum atomic E-state index is -1.48. The summed E-state index contributed by atoms with van der Waals surface area (Å²) in [5.74, 6) is -4.61. The third-order valence-corrected chi connectivity index (χ3v) is 7.19. The Morgan fingerprint density at radius 1 is 1.45 bits per heavy atom. The van der Waals surface area contributed by atoms with Crippen molar-refractivity contribution in [3.05, 3.63) is 22.3 Å². The van der Waals surface area contributed by atoms with Gasteiger partial charge in [-0.15, -0.1) is 15.9 Å². The van der Waals surface area contributed by atoms with Crippen LogP contribution in [0.25, 0.3) is 0 Å². The van der Waals surface area contributed by atoms with Crippen LogP contribution in [0.2, 0.25) is 0 Å². The van der Waals surface area contributed by atoms with E-state index in [2.05, 4.69) is 15.6 Å². The van der Waals surface area contributed by atoms with Gasteiger partial charge in [0.15, 0.2) is 22.1 Å². The largest absolute Gasteiger partial charge is 0.474 e. The van der Waals surface area contributed by atoms with Crippen LogP contribution < -0.4 is 11.2 Å². The molecular weight excluding hydrogens is 478 g/mol. The second kappa shape index (κ2) is 9.46. The van der Waals surface area contributed by atoms with E-state index in [-0.39, 0.29) is 34.5 Å². The van der Waals surface area contributed by atoms with Gasteiger partial charge in [0.25, 0.3) is 5.70 Å². The third kappa shape index (κ3) is 4.31. The molecule has 2 amide bonds. The molecule has 3 heterocycles. The fourth-order valence-corrected chi connectivity index (χ4v) is 5.90. The second-order valence-corrected chi connectivity index (χ2v) is 9.20. The van der Waals surface area contributed by atoms with Crippen LogP contribution in [0.3, 0.4) is 0 Å². The summed E-state index contributed by atoms with van der Waals surface area (Å²) in [4.78, 5) is 58.8. The molecule has 4 atom stereocenters. The Balaban J connectivity index is 2.09. The lowest BCUT2D eigenvalue weighted by Gasteiger charge is -2.53. The molecular formula is C18H22N5O8S2+. The summed E-state index contributed by atoms with van der Waals surface area (Å²) in [6.45, 7) is 2.20. The first-order chi connectivity index (χ1) is 15.5. The predicted molar refractivity (Wildman–Crippen MR) is 116 cm³/mol. The van der Waals surface area contributed by atoms with Gasteiger partial charge in [-0.3, -0.25) is 9.59 Å². The van der Waals surface area contributed by atoms with Gasteiger partial charge in [0.05, 0.1) is 6.10 Å². The summed E-state index contributed by atoms with van der Waals surface area (Å²) in [7, 11) is 1.20. The average Bonchev–Trinajstić information content (AvgIpc) is 3.16. The van der Waals surface area contributed by atoms with Gasteiger partial charge < -0.3 is 25.5 Å². The lowest BCUT2D eigenvalue weighted by atomic mass is 9.89. The molecule has 1 saturated heterocycles. The first kappa shape index (κ1) is 24.6. The summed E-state index contributed by atoms with van der Waals surface area (Å²) in [5, 5.41) is 24.6. The molecule has 1 aromatic heterocycles. The molecule has 0 radical (unpaired) electrons. The number of carbonyl (C=O) groups is 4. The van der Waals surface area contributed by atoms with Crippen molar-refractivity contribution in [2.45, 2.75) is 25.3 Å². The van der Waals surface area contributed by atoms with Gasteiger partial charge in [0.1, 0.15) is 19.4 Å². The lowest BCUT2D eigenvalue weighted by molar-refractivity contribution is -0.895. The number of nitrogens with zero attached hydrogens (tertiary/aromatic N) is 3. The molecule has 0 spiro atoms. The highest BCUT2D eigenvalue weighted by Gasteiger charge is 2.73. The number of β-lactam (4-membered cyclic amide) rings is 1. The Bertz CT molecular complexity index is 1070. The Kier molecular flexibility index (Phi) is 7.06. The van der Waals surface area contributed by atoms with E-state index in [0.29, 0.717) is 0 Å². The van der Waals surface area contributed by atoms with Crippen molar-refractivity contribution in [1.82, 2.24) is 10.4 Å². The number of thiazole rings is 1. The minimum absolute atomic E-state index is 0.0669. The van der Waals surface area contributed by atoms with Crippen molar-refractivity contribution >= 4 is 57.7 Å². The van der Waals surface area contributed by atoms with Crippen LogP contribution in [0.4, 0.5) is 5.13 Å². The number of amides is 2. The minimum Gasteiger partial charge on any atom is -0.474 e. The molecule has 13 nitrogen and oxygen atoms in total. The van der Waals surface area contributed by atoms with Gasteiger partial charge in [0.2, 0.25) is 0 Å². The number of hydrogen-bond acceptors (Lipinski definition) is 12. The quantitative estimate of drug-likeness (QED) is 0.118. The number of carboxylic acids is 1.